The minimum atomic E-state index is -3.26. The van der Waals surface area contributed by atoms with Crippen LogP contribution in [-0.2, 0) is 19.6 Å². The highest BCUT2D eigenvalue weighted by Crippen LogP contribution is 2.31. The smallest absolute Gasteiger partial charge is 0.235 e. The van der Waals surface area contributed by atoms with Gasteiger partial charge in [0.15, 0.2) is 0 Å². The number of nitrogens with zero attached hydrogens (tertiary/aromatic N) is 1. The zero-order valence-corrected chi connectivity index (χ0v) is 14.6. The molecular weight excluding hydrogens is 340 g/mol. The molecule has 0 aromatic heterocycles. The van der Waals surface area contributed by atoms with Gasteiger partial charge in [0, 0.05) is 26.2 Å². The molecule has 0 aliphatic carbocycles. The summed E-state index contributed by atoms with van der Waals surface area (Å²) in [4.78, 5) is 11.9. The Kier molecular flexibility index (Phi) is 6.26. The van der Waals surface area contributed by atoms with Gasteiger partial charge in [0.1, 0.15) is 0 Å². The number of carbonyl (C=O) groups excluding carboxylic acids is 1. The third-order valence-electron chi connectivity index (χ3n) is 3.51. The molecule has 0 spiro atoms. The fourth-order valence-electron chi connectivity index (χ4n) is 2.39. The van der Waals surface area contributed by atoms with Gasteiger partial charge in [-0.1, -0.05) is 11.6 Å². The quantitative estimate of drug-likeness (QED) is 0.758. The molecule has 0 bridgehead atoms. The van der Waals surface area contributed by atoms with Gasteiger partial charge < -0.3 is 10.1 Å². The first-order valence-electron chi connectivity index (χ1n) is 7.61. The van der Waals surface area contributed by atoms with Crippen LogP contribution in [0.4, 0.5) is 11.4 Å². The van der Waals surface area contributed by atoms with E-state index in [2.05, 4.69) is 5.32 Å². The molecule has 6 nitrogen and oxygen atoms in total. The predicted molar refractivity (Wildman–Crippen MR) is 91.6 cm³/mol. The zero-order chi connectivity index (χ0) is 16.9. The molecule has 1 amide bonds. The van der Waals surface area contributed by atoms with Crippen LogP contribution >= 0.6 is 11.6 Å². The highest BCUT2D eigenvalue weighted by molar-refractivity contribution is 7.93. The van der Waals surface area contributed by atoms with E-state index in [9.17, 15) is 13.2 Å². The molecule has 1 saturated heterocycles. The average Bonchev–Trinajstić information content (AvgIpc) is 2.85. The van der Waals surface area contributed by atoms with Crippen molar-refractivity contribution >= 4 is 38.9 Å². The van der Waals surface area contributed by atoms with Crippen molar-refractivity contribution < 1.29 is 17.9 Å². The molecule has 1 aliphatic rings. The number of hydrogen-bond donors (Lipinski definition) is 1. The third kappa shape index (κ3) is 4.83. The van der Waals surface area contributed by atoms with Crippen LogP contribution in [0.15, 0.2) is 18.2 Å². The molecule has 1 aliphatic heterocycles. The summed E-state index contributed by atoms with van der Waals surface area (Å²) in [6, 6.07) is 4.85. The van der Waals surface area contributed by atoms with Crippen LogP contribution in [0, 0.1) is 0 Å². The number of amides is 1. The van der Waals surface area contributed by atoms with Crippen molar-refractivity contribution in [3.8, 4) is 0 Å². The lowest BCUT2D eigenvalue weighted by atomic mass is 10.2. The van der Waals surface area contributed by atoms with Crippen molar-refractivity contribution in [2.24, 2.45) is 0 Å². The molecule has 1 N–H and O–H groups in total. The maximum Gasteiger partial charge on any atom is 0.235 e. The molecule has 0 radical (unpaired) electrons. The van der Waals surface area contributed by atoms with Gasteiger partial charge >= 0.3 is 0 Å². The van der Waals surface area contributed by atoms with Crippen molar-refractivity contribution in [3.63, 3.8) is 0 Å². The molecule has 1 fully saturated rings. The van der Waals surface area contributed by atoms with Gasteiger partial charge in [-0.3, -0.25) is 9.10 Å². The monoisotopic (exact) mass is 360 g/mol. The Bertz CT molecular complexity index is 663. The molecule has 0 unspecified atom stereocenters. The van der Waals surface area contributed by atoms with E-state index in [0.717, 1.165) is 0 Å². The maximum absolute atomic E-state index is 12.0. The van der Waals surface area contributed by atoms with Crippen LogP contribution in [0.25, 0.3) is 0 Å². The number of rotatable bonds is 7. The molecule has 1 heterocycles. The van der Waals surface area contributed by atoms with Crippen molar-refractivity contribution in [2.45, 2.75) is 26.2 Å². The van der Waals surface area contributed by atoms with Crippen LogP contribution in [0.1, 0.15) is 26.2 Å². The molecule has 2 rings (SSSR count). The maximum atomic E-state index is 12.0. The van der Waals surface area contributed by atoms with Crippen LogP contribution in [0.2, 0.25) is 5.02 Å². The number of halogens is 1. The van der Waals surface area contributed by atoms with Crippen LogP contribution < -0.4 is 9.62 Å². The first kappa shape index (κ1) is 18.0. The number of nitrogens with one attached hydrogen (secondary N) is 1. The van der Waals surface area contributed by atoms with Gasteiger partial charge in [-0.05, 0) is 38.0 Å². The second-order valence-electron chi connectivity index (χ2n) is 5.25. The fraction of sp³-hybridized carbons (Fsp3) is 0.533. The minimum Gasteiger partial charge on any atom is -0.382 e. The topological polar surface area (TPSA) is 75.7 Å². The van der Waals surface area contributed by atoms with Gasteiger partial charge in [-0.25, -0.2) is 8.42 Å². The van der Waals surface area contributed by atoms with E-state index in [-0.39, 0.29) is 11.7 Å². The van der Waals surface area contributed by atoms with E-state index in [1.165, 1.54) is 4.31 Å². The second-order valence-corrected chi connectivity index (χ2v) is 7.67. The number of carbonyl (C=O) groups is 1. The lowest BCUT2D eigenvalue weighted by molar-refractivity contribution is -0.116. The number of sulfonamides is 1. The SMILES string of the molecule is CCOCCCC(=O)Nc1cc(N2CCCS2(=O)=O)ccc1Cl. The second kappa shape index (κ2) is 7.99. The summed E-state index contributed by atoms with van der Waals surface area (Å²) in [6.45, 7) is 3.51. The number of hydrogen-bond acceptors (Lipinski definition) is 4. The summed E-state index contributed by atoms with van der Waals surface area (Å²) in [7, 11) is -3.26. The van der Waals surface area contributed by atoms with Crippen LogP contribution in [0.3, 0.4) is 0 Å². The van der Waals surface area contributed by atoms with E-state index in [1.807, 2.05) is 6.92 Å². The summed E-state index contributed by atoms with van der Waals surface area (Å²) in [5.74, 6) is -0.0256. The van der Waals surface area contributed by atoms with Crippen molar-refractivity contribution in [2.75, 3.05) is 35.1 Å². The van der Waals surface area contributed by atoms with E-state index in [1.54, 1.807) is 18.2 Å². The Hall–Kier alpha value is -1.31. The Morgan fingerprint density at radius 2 is 2.22 bits per heavy atom. The number of ether oxygens (including phenoxy) is 1. The molecule has 1 aromatic rings. The van der Waals surface area contributed by atoms with E-state index in [0.29, 0.717) is 55.4 Å². The van der Waals surface area contributed by atoms with E-state index >= 15 is 0 Å². The van der Waals surface area contributed by atoms with Crippen LogP contribution in [0.5, 0.6) is 0 Å². The van der Waals surface area contributed by atoms with Crippen molar-refractivity contribution in [3.05, 3.63) is 23.2 Å². The minimum absolute atomic E-state index is 0.148. The summed E-state index contributed by atoms with van der Waals surface area (Å²) in [6.07, 6.45) is 1.55. The third-order valence-corrected chi connectivity index (χ3v) is 5.71. The molecule has 128 valence electrons. The Morgan fingerprint density at radius 3 is 2.87 bits per heavy atom. The highest BCUT2D eigenvalue weighted by Gasteiger charge is 2.28. The fourth-order valence-corrected chi connectivity index (χ4v) is 4.11. The number of benzene rings is 1. The van der Waals surface area contributed by atoms with Gasteiger partial charge in [-0.15, -0.1) is 0 Å². The lowest BCUT2D eigenvalue weighted by Crippen LogP contribution is -2.25. The highest BCUT2D eigenvalue weighted by atomic mass is 35.5. The number of anilines is 2. The van der Waals surface area contributed by atoms with Gasteiger partial charge in [-0.2, -0.15) is 0 Å². The summed E-state index contributed by atoms with van der Waals surface area (Å²) in [5, 5.41) is 3.11. The van der Waals surface area contributed by atoms with Gasteiger partial charge in [0.2, 0.25) is 15.9 Å². The summed E-state index contributed by atoms with van der Waals surface area (Å²) >= 11 is 6.09. The van der Waals surface area contributed by atoms with E-state index < -0.39 is 10.0 Å². The Morgan fingerprint density at radius 1 is 1.43 bits per heavy atom. The van der Waals surface area contributed by atoms with E-state index in [4.69, 9.17) is 16.3 Å². The average molecular weight is 361 g/mol. The molecule has 1 aromatic carbocycles. The van der Waals surface area contributed by atoms with Gasteiger partial charge in [0.05, 0.1) is 22.2 Å². The largest absolute Gasteiger partial charge is 0.382 e. The molecule has 23 heavy (non-hydrogen) atoms. The van der Waals surface area contributed by atoms with Crippen molar-refractivity contribution in [1.82, 2.24) is 0 Å². The first-order valence-corrected chi connectivity index (χ1v) is 9.60. The predicted octanol–water partition coefficient (Wildman–Crippen LogP) is 2.64. The normalized spacial score (nSPS) is 16.5. The standard InChI is InChI=1S/C15H21ClN2O4S/c1-2-22-9-3-5-15(19)17-14-11-12(6-7-13(14)16)18-8-4-10-23(18,20)21/h6-7,11H,2-5,8-10H2,1H3,(H,17,19). The van der Waals surface area contributed by atoms with Crippen molar-refractivity contribution in [1.29, 1.82) is 0 Å². The molecule has 0 atom stereocenters. The van der Waals surface area contributed by atoms with Crippen LogP contribution in [-0.4, -0.2) is 39.8 Å². The summed E-state index contributed by atoms with van der Waals surface area (Å²) in [5.41, 5.74) is 0.948. The Labute approximate surface area is 141 Å². The van der Waals surface area contributed by atoms with Gasteiger partial charge in [0.25, 0.3) is 0 Å². The molecular formula is C15H21ClN2O4S. The first-order chi connectivity index (χ1) is 10.9. The lowest BCUT2D eigenvalue weighted by Gasteiger charge is -2.18. The molecule has 8 heteroatoms. The molecule has 0 saturated carbocycles. The summed E-state index contributed by atoms with van der Waals surface area (Å²) < 4.78 is 30.5. The zero-order valence-electron chi connectivity index (χ0n) is 13.0. The Balaban J connectivity index is 2.05.